The van der Waals surface area contributed by atoms with Crippen molar-refractivity contribution in [1.82, 2.24) is 10.2 Å². The SMILES string of the molecule is CCC(C(=O)NCC(C)C)N(Cc1ccc(F)cc1)C(=O)CSCc1ccc(Cl)cc1. The van der Waals surface area contributed by atoms with Gasteiger partial charge in [-0.15, -0.1) is 11.8 Å². The second-order valence-electron chi connectivity index (χ2n) is 7.83. The molecule has 1 unspecified atom stereocenters. The van der Waals surface area contributed by atoms with Crippen LogP contribution in [0.5, 0.6) is 0 Å². The van der Waals surface area contributed by atoms with Crippen LogP contribution in [0, 0.1) is 11.7 Å². The molecule has 2 aromatic carbocycles. The molecule has 0 spiro atoms. The fraction of sp³-hybridized carbons (Fsp3) is 0.417. The number of carbonyl (C=O) groups excluding carboxylic acids is 2. The van der Waals surface area contributed by atoms with Crippen molar-refractivity contribution in [2.45, 2.75) is 45.5 Å². The molecular weight excluding hydrogens is 435 g/mol. The second-order valence-corrected chi connectivity index (χ2v) is 9.25. The van der Waals surface area contributed by atoms with Crippen molar-refractivity contribution >= 4 is 35.2 Å². The topological polar surface area (TPSA) is 49.4 Å². The van der Waals surface area contributed by atoms with Crippen LogP contribution in [0.2, 0.25) is 5.02 Å². The van der Waals surface area contributed by atoms with Crippen LogP contribution in [0.1, 0.15) is 38.3 Å². The number of rotatable bonds is 11. The predicted molar refractivity (Wildman–Crippen MR) is 126 cm³/mol. The van der Waals surface area contributed by atoms with E-state index in [4.69, 9.17) is 11.6 Å². The van der Waals surface area contributed by atoms with E-state index in [1.807, 2.05) is 45.0 Å². The molecule has 0 aromatic heterocycles. The first-order chi connectivity index (χ1) is 14.8. The van der Waals surface area contributed by atoms with Crippen molar-refractivity contribution in [1.29, 1.82) is 0 Å². The van der Waals surface area contributed by atoms with Crippen LogP contribution in [0.4, 0.5) is 4.39 Å². The zero-order valence-corrected chi connectivity index (χ0v) is 19.8. The molecule has 0 bridgehead atoms. The van der Waals surface area contributed by atoms with Gasteiger partial charge in [-0.3, -0.25) is 9.59 Å². The van der Waals surface area contributed by atoms with Gasteiger partial charge in [0.05, 0.1) is 5.75 Å². The molecule has 2 aromatic rings. The smallest absolute Gasteiger partial charge is 0.242 e. The second kappa shape index (κ2) is 12.7. The van der Waals surface area contributed by atoms with Gasteiger partial charge in [-0.1, -0.05) is 56.6 Å². The Morgan fingerprint density at radius 2 is 1.68 bits per heavy atom. The summed E-state index contributed by atoms with van der Waals surface area (Å²) in [5, 5.41) is 3.61. The van der Waals surface area contributed by atoms with Crippen LogP contribution in [0.25, 0.3) is 0 Å². The summed E-state index contributed by atoms with van der Waals surface area (Å²) in [6.45, 7) is 6.75. The summed E-state index contributed by atoms with van der Waals surface area (Å²) in [4.78, 5) is 27.6. The van der Waals surface area contributed by atoms with E-state index in [1.165, 1.54) is 23.9 Å². The number of nitrogens with zero attached hydrogens (tertiary/aromatic N) is 1. The molecule has 4 nitrogen and oxygen atoms in total. The summed E-state index contributed by atoms with van der Waals surface area (Å²) in [6, 6.07) is 13.0. The van der Waals surface area contributed by atoms with E-state index in [2.05, 4.69) is 5.32 Å². The van der Waals surface area contributed by atoms with Gasteiger partial charge in [0.15, 0.2) is 0 Å². The molecule has 7 heteroatoms. The molecule has 0 aliphatic rings. The van der Waals surface area contributed by atoms with Gasteiger partial charge in [0, 0.05) is 23.9 Å². The minimum absolute atomic E-state index is 0.116. The highest BCUT2D eigenvalue weighted by Gasteiger charge is 2.28. The third-order valence-electron chi connectivity index (χ3n) is 4.74. The van der Waals surface area contributed by atoms with E-state index >= 15 is 0 Å². The number of halogens is 2. The number of amides is 2. The Morgan fingerprint density at radius 1 is 1.06 bits per heavy atom. The third kappa shape index (κ3) is 8.54. The van der Waals surface area contributed by atoms with Gasteiger partial charge in [0.2, 0.25) is 11.8 Å². The van der Waals surface area contributed by atoms with Gasteiger partial charge < -0.3 is 10.2 Å². The molecule has 1 atom stereocenters. The molecule has 0 saturated heterocycles. The predicted octanol–water partition coefficient (Wildman–Crippen LogP) is 5.29. The maximum Gasteiger partial charge on any atom is 0.242 e. The van der Waals surface area contributed by atoms with Gasteiger partial charge in [-0.05, 0) is 47.7 Å². The van der Waals surface area contributed by atoms with Crippen LogP contribution < -0.4 is 5.32 Å². The van der Waals surface area contributed by atoms with E-state index in [9.17, 15) is 14.0 Å². The van der Waals surface area contributed by atoms with E-state index in [0.717, 1.165) is 11.1 Å². The summed E-state index contributed by atoms with van der Waals surface area (Å²) in [5.74, 6) is 0.630. The van der Waals surface area contributed by atoms with Crippen molar-refractivity contribution in [2.24, 2.45) is 5.92 Å². The monoisotopic (exact) mass is 464 g/mol. The first-order valence-corrected chi connectivity index (χ1v) is 12.0. The highest BCUT2D eigenvalue weighted by molar-refractivity contribution is 7.99. The van der Waals surface area contributed by atoms with Crippen LogP contribution in [0.15, 0.2) is 48.5 Å². The van der Waals surface area contributed by atoms with Gasteiger partial charge >= 0.3 is 0 Å². The Morgan fingerprint density at radius 3 is 2.26 bits per heavy atom. The Labute approximate surface area is 193 Å². The molecule has 2 rings (SSSR count). The van der Waals surface area contributed by atoms with Gasteiger partial charge in [-0.25, -0.2) is 4.39 Å². The maximum absolute atomic E-state index is 13.3. The molecule has 0 fully saturated rings. The minimum atomic E-state index is -0.576. The zero-order valence-electron chi connectivity index (χ0n) is 18.2. The zero-order chi connectivity index (χ0) is 22.8. The lowest BCUT2D eigenvalue weighted by Gasteiger charge is -2.31. The van der Waals surface area contributed by atoms with Crippen molar-refractivity contribution in [3.05, 3.63) is 70.5 Å². The normalized spacial score (nSPS) is 11.9. The number of hydrogen-bond donors (Lipinski definition) is 1. The van der Waals surface area contributed by atoms with E-state index < -0.39 is 6.04 Å². The molecule has 0 heterocycles. The van der Waals surface area contributed by atoms with Gasteiger partial charge in [0.25, 0.3) is 0 Å². The lowest BCUT2D eigenvalue weighted by Crippen LogP contribution is -2.50. The molecule has 0 saturated carbocycles. The Hall–Kier alpha value is -2.05. The van der Waals surface area contributed by atoms with Crippen LogP contribution >= 0.6 is 23.4 Å². The lowest BCUT2D eigenvalue weighted by atomic mass is 10.1. The molecule has 168 valence electrons. The van der Waals surface area contributed by atoms with E-state index in [1.54, 1.807) is 17.0 Å². The summed E-state index contributed by atoms with van der Waals surface area (Å²) >= 11 is 7.41. The number of thioether (sulfide) groups is 1. The molecule has 1 N–H and O–H groups in total. The van der Waals surface area contributed by atoms with Crippen LogP contribution in [-0.4, -0.2) is 35.1 Å². The van der Waals surface area contributed by atoms with Crippen LogP contribution in [-0.2, 0) is 21.9 Å². The van der Waals surface area contributed by atoms with Crippen molar-refractivity contribution < 1.29 is 14.0 Å². The highest BCUT2D eigenvalue weighted by Crippen LogP contribution is 2.19. The molecule has 0 aliphatic carbocycles. The van der Waals surface area contributed by atoms with E-state index in [0.29, 0.717) is 29.7 Å². The van der Waals surface area contributed by atoms with Gasteiger partial charge in [-0.2, -0.15) is 0 Å². The fourth-order valence-corrected chi connectivity index (χ4v) is 4.04. The molecular formula is C24H30ClFN2O2S. The summed E-state index contributed by atoms with van der Waals surface area (Å²) in [5.41, 5.74) is 1.86. The standard InChI is InChI=1S/C24H30ClFN2O2S/c1-4-22(24(30)27-13-17(2)3)28(14-18-7-11-21(26)12-8-18)23(29)16-31-15-19-5-9-20(25)10-6-19/h5-12,17,22H,4,13-16H2,1-3H3,(H,27,30). The number of benzene rings is 2. The average molecular weight is 465 g/mol. The molecule has 0 radical (unpaired) electrons. The van der Waals surface area contributed by atoms with Crippen LogP contribution in [0.3, 0.4) is 0 Å². The summed E-state index contributed by atoms with van der Waals surface area (Å²) in [6.07, 6.45) is 0.499. The van der Waals surface area contributed by atoms with Gasteiger partial charge in [0.1, 0.15) is 11.9 Å². The summed E-state index contributed by atoms with van der Waals surface area (Å²) in [7, 11) is 0. The first-order valence-electron chi connectivity index (χ1n) is 10.4. The average Bonchev–Trinajstić information content (AvgIpc) is 2.74. The maximum atomic E-state index is 13.3. The number of carbonyl (C=O) groups is 2. The summed E-state index contributed by atoms with van der Waals surface area (Å²) < 4.78 is 13.3. The molecule has 0 aliphatic heterocycles. The third-order valence-corrected chi connectivity index (χ3v) is 5.98. The Kier molecular flexibility index (Phi) is 10.3. The fourth-order valence-electron chi connectivity index (χ4n) is 3.05. The van der Waals surface area contributed by atoms with E-state index in [-0.39, 0.29) is 29.9 Å². The molecule has 2 amide bonds. The van der Waals surface area contributed by atoms with Crippen molar-refractivity contribution in [3.63, 3.8) is 0 Å². The Balaban J connectivity index is 2.10. The Bertz CT molecular complexity index is 844. The number of nitrogens with one attached hydrogen (secondary N) is 1. The van der Waals surface area contributed by atoms with Crippen molar-refractivity contribution in [2.75, 3.05) is 12.3 Å². The van der Waals surface area contributed by atoms with Crippen molar-refractivity contribution in [3.8, 4) is 0 Å². The highest BCUT2D eigenvalue weighted by atomic mass is 35.5. The lowest BCUT2D eigenvalue weighted by molar-refractivity contribution is -0.139. The quantitative estimate of drug-likeness (QED) is 0.491. The number of hydrogen-bond acceptors (Lipinski definition) is 3. The minimum Gasteiger partial charge on any atom is -0.354 e. The molecule has 31 heavy (non-hydrogen) atoms. The largest absolute Gasteiger partial charge is 0.354 e. The first kappa shape index (κ1) is 25.2.